The fourth-order valence-electron chi connectivity index (χ4n) is 4.33. The third-order valence-corrected chi connectivity index (χ3v) is 6.00. The predicted molar refractivity (Wildman–Crippen MR) is 102 cm³/mol. The third kappa shape index (κ3) is 3.34. The van der Waals surface area contributed by atoms with Crippen LogP contribution in [0.1, 0.15) is 32.1 Å². The number of imide groups is 1. The van der Waals surface area contributed by atoms with Gasteiger partial charge in [0.05, 0.1) is 5.41 Å². The highest BCUT2D eigenvalue weighted by atomic mass is 35.5. The second-order valence-corrected chi connectivity index (χ2v) is 7.95. The first kappa shape index (κ1) is 18.0. The van der Waals surface area contributed by atoms with Gasteiger partial charge in [-0.25, -0.2) is 0 Å². The minimum atomic E-state index is -0.527. The molecular formula is C20H22ClN3O3. The van der Waals surface area contributed by atoms with Crippen molar-refractivity contribution >= 4 is 40.2 Å². The molecule has 0 unspecified atom stereocenters. The lowest BCUT2D eigenvalue weighted by molar-refractivity contribution is -0.144. The Morgan fingerprint density at radius 2 is 1.96 bits per heavy atom. The zero-order valence-corrected chi connectivity index (χ0v) is 15.8. The van der Waals surface area contributed by atoms with Gasteiger partial charge in [0.2, 0.25) is 17.7 Å². The third-order valence-electron chi connectivity index (χ3n) is 5.76. The number of benzene rings is 1. The number of halogens is 1. The molecule has 1 aromatic carbocycles. The Morgan fingerprint density at radius 1 is 1.19 bits per heavy atom. The molecule has 3 amide bonds. The molecule has 1 aliphatic heterocycles. The zero-order valence-electron chi connectivity index (χ0n) is 15.0. The number of fused-ring (bicyclic) bond motifs is 1. The summed E-state index contributed by atoms with van der Waals surface area (Å²) in [6.45, 7) is 0.815. The van der Waals surface area contributed by atoms with Crippen LogP contribution in [0.3, 0.4) is 0 Å². The molecule has 2 fully saturated rings. The molecule has 1 N–H and O–H groups in total. The number of rotatable bonds is 5. The molecule has 1 spiro atoms. The van der Waals surface area contributed by atoms with Gasteiger partial charge in [0.25, 0.3) is 0 Å². The van der Waals surface area contributed by atoms with Gasteiger partial charge in [-0.15, -0.1) is 0 Å². The van der Waals surface area contributed by atoms with Crippen molar-refractivity contribution in [3.8, 4) is 0 Å². The van der Waals surface area contributed by atoms with Crippen molar-refractivity contribution in [2.45, 2.75) is 38.6 Å². The Labute approximate surface area is 162 Å². The van der Waals surface area contributed by atoms with Gasteiger partial charge in [0.15, 0.2) is 0 Å². The van der Waals surface area contributed by atoms with Gasteiger partial charge in [0.1, 0.15) is 6.54 Å². The average molecular weight is 388 g/mol. The van der Waals surface area contributed by atoms with E-state index in [9.17, 15) is 14.4 Å². The summed E-state index contributed by atoms with van der Waals surface area (Å²) in [5, 5.41) is 4.56. The molecular weight excluding hydrogens is 366 g/mol. The first-order valence-corrected chi connectivity index (χ1v) is 9.72. The zero-order chi connectivity index (χ0) is 19.0. The molecule has 6 nitrogen and oxygen atoms in total. The lowest BCUT2D eigenvalue weighted by Crippen LogP contribution is -2.42. The molecule has 2 aliphatic rings. The maximum atomic E-state index is 12.6. The van der Waals surface area contributed by atoms with E-state index in [0.717, 1.165) is 41.5 Å². The van der Waals surface area contributed by atoms with Crippen molar-refractivity contribution in [2.75, 3.05) is 13.1 Å². The van der Waals surface area contributed by atoms with E-state index in [1.807, 2.05) is 35.0 Å². The summed E-state index contributed by atoms with van der Waals surface area (Å²) in [7, 11) is 0. The molecule has 2 aromatic rings. The summed E-state index contributed by atoms with van der Waals surface area (Å²) >= 11 is 6.05. The predicted octanol–water partition coefficient (Wildman–Crippen LogP) is 2.73. The Balaban J connectivity index is 1.33. The van der Waals surface area contributed by atoms with Crippen molar-refractivity contribution in [1.29, 1.82) is 0 Å². The molecule has 7 heteroatoms. The first-order valence-electron chi connectivity index (χ1n) is 9.34. The SMILES string of the molecule is O=C(CN1C(=O)CC2(CCCC2)C1=O)NCCn1ccc2ccc(Cl)cc21. The van der Waals surface area contributed by atoms with E-state index in [1.165, 1.54) is 0 Å². The minimum Gasteiger partial charge on any atom is -0.353 e. The summed E-state index contributed by atoms with van der Waals surface area (Å²) < 4.78 is 2.02. The van der Waals surface area contributed by atoms with Crippen LogP contribution in [0.15, 0.2) is 30.5 Å². The van der Waals surface area contributed by atoms with Gasteiger partial charge in [-0.3, -0.25) is 19.3 Å². The van der Waals surface area contributed by atoms with E-state index in [1.54, 1.807) is 0 Å². The van der Waals surface area contributed by atoms with Crippen LogP contribution in [-0.2, 0) is 20.9 Å². The topological polar surface area (TPSA) is 71.4 Å². The van der Waals surface area contributed by atoms with Crippen molar-refractivity contribution in [3.63, 3.8) is 0 Å². The number of nitrogens with one attached hydrogen (secondary N) is 1. The van der Waals surface area contributed by atoms with Crippen molar-refractivity contribution < 1.29 is 14.4 Å². The molecule has 1 aromatic heterocycles. The summed E-state index contributed by atoms with van der Waals surface area (Å²) in [4.78, 5) is 38.2. The van der Waals surface area contributed by atoms with Crippen molar-refractivity contribution in [3.05, 3.63) is 35.5 Å². The summed E-state index contributed by atoms with van der Waals surface area (Å²) in [6.07, 6.45) is 5.69. The number of carbonyl (C=O) groups is 3. The smallest absolute Gasteiger partial charge is 0.240 e. The molecule has 2 heterocycles. The molecule has 27 heavy (non-hydrogen) atoms. The Hall–Kier alpha value is -2.34. The van der Waals surface area contributed by atoms with E-state index in [2.05, 4.69) is 5.32 Å². The number of hydrogen-bond acceptors (Lipinski definition) is 3. The van der Waals surface area contributed by atoms with Crippen LogP contribution in [0, 0.1) is 5.41 Å². The molecule has 1 saturated carbocycles. The number of amides is 3. The van der Waals surface area contributed by atoms with E-state index in [0.29, 0.717) is 18.1 Å². The Bertz CT molecular complexity index is 914. The van der Waals surface area contributed by atoms with Gasteiger partial charge in [0, 0.05) is 36.2 Å². The quantitative estimate of drug-likeness (QED) is 0.802. The van der Waals surface area contributed by atoms with Gasteiger partial charge >= 0.3 is 0 Å². The highest BCUT2D eigenvalue weighted by molar-refractivity contribution is 6.31. The number of carbonyl (C=O) groups excluding carboxylic acids is 3. The molecule has 1 aliphatic carbocycles. The van der Waals surface area contributed by atoms with E-state index >= 15 is 0 Å². The van der Waals surface area contributed by atoms with E-state index < -0.39 is 5.41 Å². The van der Waals surface area contributed by atoms with Crippen LogP contribution in [0.25, 0.3) is 10.9 Å². The maximum Gasteiger partial charge on any atom is 0.240 e. The number of likely N-dealkylation sites (tertiary alicyclic amines) is 1. The highest BCUT2D eigenvalue weighted by Crippen LogP contribution is 2.46. The summed E-state index contributed by atoms with van der Waals surface area (Å²) in [6, 6.07) is 7.69. The Morgan fingerprint density at radius 3 is 2.74 bits per heavy atom. The molecule has 0 radical (unpaired) electrons. The van der Waals surface area contributed by atoms with Crippen LogP contribution in [0.4, 0.5) is 0 Å². The van der Waals surface area contributed by atoms with Crippen molar-refractivity contribution in [1.82, 2.24) is 14.8 Å². The fourth-order valence-corrected chi connectivity index (χ4v) is 4.50. The second-order valence-electron chi connectivity index (χ2n) is 7.51. The lowest BCUT2D eigenvalue weighted by Gasteiger charge is -2.20. The largest absolute Gasteiger partial charge is 0.353 e. The maximum absolute atomic E-state index is 12.6. The summed E-state index contributed by atoms with van der Waals surface area (Å²) in [5.74, 6) is -0.685. The number of aromatic nitrogens is 1. The molecule has 1 saturated heterocycles. The van der Waals surface area contributed by atoms with Crippen molar-refractivity contribution in [2.24, 2.45) is 5.41 Å². The van der Waals surface area contributed by atoms with Crippen LogP contribution in [0.5, 0.6) is 0 Å². The summed E-state index contributed by atoms with van der Waals surface area (Å²) in [5.41, 5.74) is 0.477. The highest BCUT2D eigenvalue weighted by Gasteiger charge is 2.52. The average Bonchev–Trinajstić information content (AvgIpc) is 3.32. The van der Waals surface area contributed by atoms with E-state index in [4.69, 9.17) is 11.6 Å². The molecule has 0 atom stereocenters. The Kier molecular flexibility index (Phi) is 4.68. The van der Waals surface area contributed by atoms with Crippen LogP contribution in [-0.4, -0.2) is 40.3 Å². The van der Waals surface area contributed by atoms with Gasteiger partial charge in [-0.2, -0.15) is 0 Å². The molecule has 0 bridgehead atoms. The molecule has 4 rings (SSSR count). The van der Waals surface area contributed by atoms with Gasteiger partial charge in [-0.1, -0.05) is 30.5 Å². The standard InChI is InChI=1S/C20H22ClN3O3/c21-15-4-3-14-5-9-23(16(14)11-15)10-8-22-17(25)13-24-18(26)12-20(19(24)27)6-1-2-7-20/h3-5,9,11H,1-2,6-8,10,12-13H2,(H,22,25). The number of nitrogens with zero attached hydrogens (tertiary/aromatic N) is 2. The fraction of sp³-hybridized carbons (Fsp3) is 0.450. The van der Waals surface area contributed by atoms with E-state index in [-0.39, 0.29) is 30.7 Å². The van der Waals surface area contributed by atoms with Gasteiger partial charge < -0.3 is 9.88 Å². The monoisotopic (exact) mass is 387 g/mol. The van der Waals surface area contributed by atoms with Gasteiger partial charge in [-0.05, 0) is 36.4 Å². The lowest BCUT2D eigenvalue weighted by atomic mass is 9.84. The number of hydrogen-bond donors (Lipinski definition) is 1. The second kappa shape index (κ2) is 7.00. The van der Waals surface area contributed by atoms with Crippen LogP contribution < -0.4 is 5.32 Å². The molecule has 142 valence electrons. The normalized spacial score (nSPS) is 18.8. The van der Waals surface area contributed by atoms with Crippen LogP contribution >= 0.6 is 11.6 Å². The van der Waals surface area contributed by atoms with Crippen LogP contribution in [0.2, 0.25) is 5.02 Å². The first-order chi connectivity index (χ1) is 13.0. The minimum absolute atomic E-state index is 0.161.